The van der Waals surface area contributed by atoms with Crippen LogP contribution in [0.5, 0.6) is 0 Å². The molecule has 1 N–H and O–H groups in total. The molecule has 0 aliphatic rings. The fourth-order valence-electron chi connectivity index (χ4n) is 2.55. The summed E-state index contributed by atoms with van der Waals surface area (Å²) >= 11 is 1.62. The Hall–Kier alpha value is -2.41. The lowest BCUT2D eigenvalue weighted by Gasteiger charge is -2.17. The molecule has 7 heteroatoms. The summed E-state index contributed by atoms with van der Waals surface area (Å²) in [7, 11) is 1.70. The van der Waals surface area contributed by atoms with Gasteiger partial charge in [-0.25, -0.2) is 4.98 Å². The number of thiazole rings is 1. The fourth-order valence-corrected chi connectivity index (χ4v) is 3.44. The van der Waals surface area contributed by atoms with Crippen molar-refractivity contribution in [3.05, 3.63) is 56.2 Å². The summed E-state index contributed by atoms with van der Waals surface area (Å²) < 4.78 is 2.01. The predicted octanol–water partition coefficient (Wildman–Crippen LogP) is 2.28. The molecule has 3 aromatic rings. The van der Waals surface area contributed by atoms with Crippen molar-refractivity contribution in [3.63, 3.8) is 0 Å². The number of nitrogens with zero attached hydrogens (tertiary/aromatic N) is 3. The molecule has 0 saturated heterocycles. The Bertz CT molecular complexity index is 951. The number of fused-ring (bicyclic) bond motifs is 1. The molecule has 23 heavy (non-hydrogen) atoms. The summed E-state index contributed by atoms with van der Waals surface area (Å²) in [6, 6.07) is 0. The number of imidazole rings is 1. The molecule has 0 fully saturated rings. The Kier molecular flexibility index (Phi) is 3.81. The van der Waals surface area contributed by atoms with Gasteiger partial charge in [0.25, 0.3) is 5.91 Å². The number of aryl methyl sites for hydroxylation is 3. The Labute approximate surface area is 137 Å². The van der Waals surface area contributed by atoms with Crippen LogP contribution >= 0.6 is 11.3 Å². The normalized spacial score (nSPS) is 11.1. The molecule has 0 aliphatic heterocycles. The number of nitrogens with one attached hydrogen (secondary N) is 1. The lowest BCUT2D eigenvalue weighted by atomic mass is 10.2. The average Bonchev–Trinajstić information content (AvgIpc) is 2.98. The van der Waals surface area contributed by atoms with Gasteiger partial charge in [-0.2, -0.15) is 0 Å². The Morgan fingerprint density at radius 3 is 2.83 bits per heavy atom. The van der Waals surface area contributed by atoms with Gasteiger partial charge in [0.15, 0.2) is 10.4 Å². The highest BCUT2D eigenvalue weighted by molar-refractivity contribution is 7.17. The number of hydrogen-bond donors (Lipinski definition) is 1. The molecular formula is C16H18N4O2S. The van der Waals surface area contributed by atoms with E-state index < -0.39 is 0 Å². The van der Waals surface area contributed by atoms with E-state index >= 15 is 0 Å². The lowest BCUT2D eigenvalue weighted by molar-refractivity contribution is 0.0781. The van der Waals surface area contributed by atoms with Crippen molar-refractivity contribution in [1.29, 1.82) is 0 Å². The number of pyridine rings is 1. The highest BCUT2D eigenvalue weighted by atomic mass is 32.1. The predicted molar refractivity (Wildman–Crippen MR) is 90.1 cm³/mol. The number of hydrogen-bond acceptors (Lipinski definition) is 4. The molecule has 0 unspecified atom stereocenters. The van der Waals surface area contributed by atoms with E-state index in [-0.39, 0.29) is 16.9 Å². The number of aromatic amines is 1. The quantitative estimate of drug-likeness (QED) is 0.801. The molecule has 3 rings (SSSR count). The summed E-state index contributed by atoms with van der Waals surface area (Å²) in [6.07, 6.45) is 5.08. The molecule has 0 saturated carbocycles. The van der Waals surface area contributed by atoms with E-state index in [1.54, 1.807) is 36.4 Å². The Balaban J connectivity index is 1.92. The largest absolute Gasteiger partial charge is 0.366 e. The lowest BCUT2D eigenvalue weighted by Crippen LogP contribution is -2.31. The molecule has 3 heterocycles. The summed E-state index contributed by atoms with van der Waals surface area (Å²) in [4.78, 5) is 35.7. The van der Waals surface area contributed by atoms with Crippen molar-refractivity contribution in [2.24, 2.45) is 0 Å². The SMILES string of the molecule is Cc1cn2c(CN(C)C(=O)c3c[nH]cc(C)c3=O)c(C)nc2s1. The molecule has 0 radical (unpaired) electrons. The van der Waals surface area contributed by atoms with E-state index in [0.29, 0.717) is 12.1 Å². The maximum absolute atomic E-state index is 12.6. The van der Waals surface area contributed by atoms with Gasteiger partial charge >= 0.3 is 0 Å². The smallest absolute Gasteiger partial charge is 0.259 e. The minimum Gasteiger partial charge on any atom is -0.366 e. The van der Waals surface area contributed by atoms with Crippen molar-refractivity contribution in [2.45, 2.75) is 27.3 Å². The second-order valence-electron chi connectivity index (χ2n) is 5.68. The van der Waals surface area contributed by atoms with Crippen molar-refractivity contribution >= 4 is 22.2 Å². The topological polar surface area (TPSA) is 70.5 Å². The van der Waals surface area contributed by atoms with Crippen LogP contribution < -0.4 is 5.43 Å². The van der Waals surface area contributed by atoms with Crippen LogP contribution in [0.4, 0.5) is 0 Å². The third-order valence-electron chi connectivity index (χ3n) is 3.84. The summed E-state index contributed by atoms with van der Waals surface area (Å²) in [5.41, 5.74) is 2.31. The number of carbonyl (C=O) groups excluding carboxylic acids is 1. The number of amides is 1. The van der Waals surface area contributed by atoms with Gasteiger partial charge < -0.3 is 9.88 Å². The molecule has 3 aromatic heterocycles. The van der Waals surface area contributed by atoms with Crippen LogP contribution in [0.15, 0.2) is 23.4 Å². The van der Waals surface area contributed by atoms with Crippen molar-refractivity contribution < 1.29 is 4.79 Å². The first-order chi connectivity index (χ1) is 10.9. The van der Waals surface area contributed by atoms with Gasteiger partial charge in [-0.1, -0.05) is 0 Å². The van der Waals surface area contributed by atoms with E-state index in [1.807, 2.05) is 24.4 Å². The van der Waals surface area contributed by atoms with E-state index in [4.69, 9.17) is 0 Å². The van der Waals surface area contributed by atoms with Crippen LogP contribution in [0, 0.1) is 20.8 Å². The van der Waals surface area contributed by atoms with E-state index in [2.05, 4.69) is 9.97 Å². The van der Waals surface area contributed by atoms with E-state index in [9.17, 15) is 9.59 Å². The summed E-state index contributed by atoms with van der Waals surface area (Å²) in [6.45, 7) is 6.05. The fraction of sp³-hybridized carbons (Fsp3) is 0.312. The Morgan fingerprint density at radius 2 is 2.09 bits per heavy atom. The van der Waals surface area contributed by atoms with Crippen molar-refractivity contribution in [3.8, 4) is 0 Å². The minimum absolute atomic E-state index is 0.160. The number of H-pyrrole nitrogens is 1. The van der Waals surface area contributed by atoms with Gasteiger partial charge in [-0.05, 0) is 20.8 Å². The first-order valence-corrected chi connectivity index (χ1v) is 8.07. The second-order valence-corrected chi connectivity index (χ2v) is 6.89. The van der Waals surface area contributed by atoms with Crippen LogP contribution in [0.1, 0.15) is 32.2 Å². The molecule has 0 aliphatic carbocycles. The molecule has 0 atom stereocenters. The zero-order valence-corrected chi connectivity index (χ0v) is 14.3. The van der Waals surface area contributed by atoms with Gasteiger partial charge in [0.1, 0.15) is 5.56 Å². The number of aromatic nitrogens is 3. The van der Waals surface area contributed by atoms with Crippen molar-refractivity contribution in [1.82, 2.24) is 19.3 Å². The second kappa shape index (κ2) is 5.66. The maximum atomic E-state index is 12.6. The van der Waals surface area contributed by atoms with Gasteiger partial charge in [0, 0.05) is 36.1 Å². The number of rotatable bonds is 3. The van der Waals surface area contributed by atoms with Crippen LogP contribution in [-0.4, -0.2) is 32.2 Å². The summed E-state index contributed by atoms with van der Waals surface area (Å²) in [5.74, 6) is -0.295. The zero-order valence-electron chi connectivity index (χ0n) is 13.5. The van der Waals surface area contributed by atoms with Gasteiger partial charge in [-0.3, -0.25) is 14.0 Å². The first-order valence-electron chi connectivity index (χ1n) is 7.25. The highest BCUT2D eigenvalue weighted by Crippen LogP contribution is 2.21. The molecular weight excluding hydrogens is 312 g/mol. The van der Waals surface area contributed by atoms with Crippen LogP contribution in [0.25, 0.3) is 4.96 Å². The molecule has 0 aromatic carbocycles. The third-order valence-corrected chi connectivity index (χ3v) is 4.73. The van der Waals surface area contributed by atoms with Gasteiger partial charge in [0.05, 0.1) is 17.9 Å². The summed E-state index contributed by atoms with van der Waals surface area (Å²) in [5, 5.41) is 0. The van der Waals surface area contributed by atoms with E-state index in [0.717, 1.165) is 21.2 Å². The Morgan fingerprint density at radius 1 is 1.35 bits per heavy atom. The molecule has 0 spiro atoms. The third kappa shape index (κ3) is 2.68. The van der Waals surface area contributed by atoms with Gasteiger partial charge in [0.2, 0.25) is 0 Å². The average molecular weight is 330 g/mol. The molecule has 120 valence electrons. The highest BCUT2D eigenvalue weighted by Gasteiger charge is 2.19. The standard InChI is InChI=1S/C16H18N4O2S/c1-9-5-17-6-12(14(9)21)15(22)19(4)8-13-11(3)18-16-20(13)7-10(2)23-16/h5-7H,8H2,1-4H3,(H,17,21). The zero-order chi connectivity index (χ0) is 16.7. The van der Waals surface area contributed by atoms with Crippen LogP contribution in [0.2, 0.25) is 0 Å². The van der Waals surface area contributed by atoms with E-state index in [1.165, 1.54) is 6.20 Å². The molecule has 0 bridgehead atoms. The maximum Gasteiger partial charge on any atom is 0.259 e. The molecule has 6 nitrogen and oxygen atoms in total. The monoisotopic (exact) mass is 330 g/mol. The van der Waals surface area contributed by atoms with Crippen LogP contribution in [0.3, 0.4) is 0 Å². The first kappa shape index (κ1) is 15.5. The number of carbonyl (C=O) groups is 1. The van der Waals surface area contributed by atoms with Crippen LogP contribution in [-0.2, 0) is 6.54 Å². The van der Waals surface area contributed by atoms with Gasteiger partial charge in [-0.15, -0.1) is 11.3 Å². The van der Waals surface area contributed by atoms with Crippen molar-refractivity contribution in [2.75, 3.05) is 7.05 Å². The molecule has 1 amide bonds. The minimum atomic E-state index is -0.295.